The molecule has 2 rings (SSSR count). The molecule has 0 saturated heterocycles. The zero-order valence-electron chi connectivity index (χ0n) is 15.2. The van der Waals surface area contributed by atoms with Crippen molar-refractivity contribution < 1.29 is 19.1 Å². The number of nitrogens with zero attached hydrogens (tertiary/aromatic N) is 1. The number of ketones is 1. The van der Waals surface area contributed by atoms with Crippen LogP contribution in [0.25, 0.3) is 0 Å². The van der Waals surface area contributed by atoms with E-state index >= 15 is 0 Å². The summed E-state index contributed by atoms with van der Waals surface area (Å²) in [6.07, 6.45) is 0.134. The number of likely N-dealkylation sites (N-methyl/N-ethyl adjacent to an activating group) is 1. The molecule has 0 aliphatic rings. The van der Waals surface area contributed by atoms with Crippen LogP contribution in [0.5, 0.6) is 5.75 Å². The van der Waals surface area contributed by atoms with Crippen molar-refractivity contribution in [2.24, 2.45) is 0 Å². The molecule has 0 spiro atoms. The van der Waals surface area contributed by atoms with Gasteiger partial charge in [0.2, 0.25) is 11.8 Å². The van der Waals surface area contributed by atoms with E-state index in [-0.39, 0.29) is 37.0 Å². The summed E-state index contributed by atoms with van der Waals surface area (Å²) < 4.78 is 5.17. The Hall–Kier alpha value is -2.86. The first-order chi connectivity index (χ1) is 12.9. The Morgan fingerprint density at radius 3 is 2.44 bits per heavy atom. The van der Waals surface area contributed by atoms with Crippen LogP contribution in [0.1, 0.15) is 23.2 Å². The van der Waals surface area contributed by atoms with E-state index in [1.54, 1.807) is 42.5 Å². The summed E-state index contributed by atoms with van der Waals surface area (Å²) >= 11 is 5.93. The van der Waals surface area contributed by atoms with Crippen molar-refractivity contribution in [2.45, 2.75) is 12.8 Å². The molecule has 0 aliphatic heterocycles. The van der Waals surface area contributed by atoms with Gasteiger partial charge in [-0.3, -0.25) is 14.4 Å². The molecule has 142 valence electrons. The fraction of sp³-hybridized carbons (Fsp3) is 0.250. The first kappa shape index (κ1) is 20.5. The summed E-state index contributed by atoms with van der Waals surface area (Å²) in [5, 5.41) is 3.12. The smallest absolute Gasteiger partial charge is 0.244 e. The Labute approximate surface area is 163 Å². The molecule has 0 bridgehead atoms. The number of hydrogen-bond acceptors (Lipinski definition) is 4. The fourth-order valence-electron chi connectivity index (χ4n) is 2.45. The number of nitrogens with one attached hydrogen (secondary N) is 1. The summed E-state index contributed by atoms with van der Waals surface area (Å²) in [7, 11) is 3.00. The van der Waals surface area contributed by atoms with Crippen LogP contribution in [-0.4, -0.2) is 43.2 Å². The van der Waals surface area contributed by atoms with E-state index < -0.39 is 0 Å². The minimum absolute atomic E-state index is 0.0397. The summed E-state index contributed by atoms with van der Waals surface area (Å²) in [4.78, 5) is 37.7. The number of carbonyl (C=O) groups excluding carboxylic acids is 3. The number of benzene rings is 2. The third-order valence-corrected chi connectivity index (χ3v) is 4.14. The highest BCUT2D eigenvalue weighted by Gasteiger charge is 2.16. The van der Waals surface area contributed by atoms with Gasteiger partial charge in [0.25, 0.3) is 0 Å². The summed E-state index contributed by atoms with van der Waals surface area (Å²) in [6.45, 7) is -0.145. The van der Waals surface area contributed by atoms with Crippen molar-refractivity contribution in [3.8, 4) is 5.75 Å². The molecule has 0 saturated carbocycles. The van der Waals surface area contributed by atoms with Gasteiger partial charge in [-0.2, -0.15) is 0 Å². The summed E-state index contributed by atoms with van der Waals surface area (Å²) in [5.41, 5.74) is 0.994. The van der Waals surface area contributed by atoms with Gasteiger partial charge in [0.05, 0.1) is 19.3 Å². The van der Waals surface area contributed by atoms with Crippen LogP contribution in [0.15, 0.2) is 48.5 Å². The molecular weight excluding hydrogens is 368 g/mol. The van der Waals surface area contributed by atoms with Gasteiger partial charge in [0, 0.05) is 30.5 Å². The van der Waals surface area contributed by atoms with Gasteiger partial charge in [0.1, 0.15) is 5.75 Å². The molecule has 0 unspecified atom stereocenters. The Morgan fingerprint density at radius 1 is 1.07 bits per heavy atom. The first-order valence-corrected chi connectivity index (χ1v) is 8.74. The van der Waals surface area contributed by atoms with Crippen LogP contribution in [-0.2, 0) is 9.59 Å². The van der Waals surface area contributed by atoms with E-state index in [0.717, 1.165) is 0 Å². The van der Waals surface area contributed by atoms with E-state index in [1.807, 2.05) is 6.07 Å². The maximum atomic E-state index is 12.2. The molecule has 0 aliphatic carbocycles. The molecule has 2 amide bonds. The third kappa shape index (κ3) is 6.11. The lowest BCUT2D eigenvalue weighted by Crippen LogP contribution is -2.35. The van der Waals surface area contributed by atoms with E-state index in [0.29, 0.717) is 22.0 Å². The van der Waals surface area contributed by atoms with E-state index in [4.69, 9.17) is 16.3 Å². The summed E-state index contributed by atoms with van der Waals surface area (Å²) in [5.74, 6) is -0.311. The Bertz CT molecular complexity index is 824. The number of methoxy groups -OCH3 is 1. The van der Waals surface area contributed by atoms with Crippen LogP contribution in [0.2, 0.25) is 5.02 Å². The second-order valence-electron chi connectivity index (χ2n) is 5.93. The maximum absolute atomic E-state index is 12.2. The second-order valence-corrected chi connectivity index (χ2v) is 6.37. The van der Waals surface area contributed by atoms with Gasteiger partial charge in [0.15, 0.2) is 5.78 Å². The van der Waals surface area contributed by atoms with Gasteiger partial charge < -0.3 is 15.0 Å². The van der Waals surface area contributed by atoms with Gasteiger partial charge >= 0.3 is 0 Å². The lowest BCUT2D eigenvalue weighted by atomic mass is 10.1. The topological polar surface area (TPSA) is 75.7 Å². The highest BCUT2D eigenvalue weighted by atomic mass is 35.5. The predicted molar refractivity (Wildman–Crippen MR) is 104 cm³/mol. The van der Waals surface area contributed by atoms with Gasteiger partial charge in [-0.1, -0.05) is 41.9 Å². The quantitative estimate of drug-likeness (QED) is 0.703. The number of anilines is 1. The molecule has 1 N–H and O–H groups in total. The SMILES string of the molecule is COc1ccc(Cl)cc1NC(=O)CN(C)C(=O)CCC(=O)c1ccccc1. The minimum Gasteiger partial charge on any atom is -0.495 e. The number of rotatable bonds is 8. The highest BCUT2D eigenvalue weighted by molar-refractivity contribution is 6.31. The third-order valence-electron chi connectivity index (χ3n) is 3.90. The molecule has 0 heterocycles. The van der Waals surface area contributed by atoms with E-state index in [9.17, 15) is 14.4 Å². The van der Waals surface area contributed by atoms with E-state index in [1.165, 1.54) is 19.1 Å². The lowest BCUT2D eigenvalue weighted by molar-refractivity contribution is -0.133. The molecule has 6 nitrogen and oxygen atoms in total. The van der Waals surface area contributed by atoms with Crippen LogP contribution in [0, 0.1) is 0 Å². The van der Waals surface area contributed by atoms with Crippen LogP contribution >= 0.6 is 11.6 Å². The predicted octanol–water partition coefficient (Wildman–Crippen LogP) is 3.41. The summed E-state index contributed by atoms with van der Waals surface area (Å²) in [6, 6.07) is 13.6. The van der Waals surface area contributed by atoms with Gasteiger partial charge in [-0.25, -0.2) is 0 Å². The maximum Gasteiger partial charge on any atom is 0.244 e. The van der Waals surface area contributed by atoms with Crippen LogP contribution in [0.3, 0.4) is 0 Å². The molecule has 2 aromatic carbocycles. The number of hydrogen-bond donors (Lipinski definition) is 1. The van der Waals surface area contributed by atoms with Crippen LogP contribution in [0.4, 0.5) is 5.69 Å². The number of ether oxygens (including phenoxy) is 1. The molecule has 0 atom stereocenters. The molecule has 0 radical (unpaired) electrons. The van der Waals surface area contributed by atoms with Crippen molar-refractivity contribution in [3.63, 3.8) is 0 Å². The van der Waals surface area contributed by atoms with Crippen molar-refractivity contribution in [2.75, 3.05) is 26.0 Å². The number of Topliss-reactive ketones (excluding diaryl/α,β-unsaturated/α-hetero) is 1. The Balaban J connectivity index is 1.86. The van der Waals surface area contributed by atoms with Crippen molar-refractivity contribution in [1.29, 1.82) is 0 Å². The number of carbonyl (C=O) groups is 3. The molecular formula is C20H21ClN2O4. The fourth-order valence-corrected chi connectivity index (χ4v) is 2.62. The molecule has 7 heteroatoms. The molecule has 2 aromatic rings. The van der Waals surface area contributed by atoms with Gasteiger partial charge in [-0.15, -0.1) is 0 Å². The molecule has 0 aromatic heterocycles. The largest absolute Gasteiger partial charge is 0.495 e. The normalized spacial score (nSPS) is 10.2. The zero-order chi connectivity index (χ0) is 19.8. The average molecular weight is 389 g/mol. The monoisotopic (exact) mass is 388 g/mol. The standard InChI is InChI=1S/C20H21ClN2O4/c1-23(20(26)11-9-17(24)14-6-4-3-5-7-14)13-19(25)22-16-12-15(21)8-10-18(16)27-2/h3-8,10,12H,9,11,13H2,1-2H3,(H,22,25). The van der Waals surface area contributed by atoms with Crippen LogP contribution < -0.4 is 10.1 Å². The molecule has 0 fully saturated rings. The number of halogens is 1. The van der Waals surface area contributed by atoms with Crippen molar-refractivity contribution in [1.82, 2.24) is 4.90 Å². The second kappa shape index (κ2) is 9.73. The van der Waals surface area contributed by atoms with Crippen molar-refractivity contribution >= 4 is 34.9 Å². The Morgan fingerprint density at radius 2 is 1.78 bits per heavy atom. The van der Waals surface area contributed by atoms with Crippen molar-refractivity contribution in [3.05, 3.63) is 59.1 Å². The minimum atomic E-state index is -0.388. The first-order valence-electron chi connectivity index (χ1n) is 8.36. The average Bonchev–Trinajstić information content (AvgIpc) is 2.66. The van der Waals surface area contributed by atoms with E-state index in [2.05, 4.69) is 5.32 Å². The zero-order valence-corrected chi connectivity index (χ0v) is 16.0. The molecule has 27 heavy (non-hydrogen) atoms. The Kier molecular flexibility index (Phi) is 7.37. The lowest BCUT2D eigenvalue weighted by Gasteiger charge is -2.17. The number of amides is 2. The highest BCUT2D eigenvalue weighted by Crippen LogP contribution is 2.27. The van der Waals surface area contributed by atoms with Gasteiger partial charge in [-0.05, 0) is 18.2 Å².